The summed E-state index contributed by atoms with van der Waals surface area (Å²) in [6.07, 6.45) is -0.118. The topological polar surface area (TPSA) is 55.2 Å². The molecular weight excluding hydrogens is 228 g/mol. The van der Waals surface area contributed by atoms with E-state index in [1.807, 2.05) is 25.1 Å². The average molecular weight is 244 g/mol. The highest BCUT2D eigenvalue weighted by atomic mass is 16.5. The fourth-order valence-electron chi connectivity index (χ4n) is 1.78. The number of rotatable bonds is 4. The predicted molar refractivity (Wildman–Crippen MR) is 68.4 cm³/mol. The van der Waals surface area contributed by atoms with Gasteiger partial charge in [0.15, 0.2) is 0 Å². The molecule has 0 spiro atoms. The number of aromatic nitrogens is 2. The molecule has 1 atom stereocenters. The molecule has 0 aliphatic carbocycles. The number of methoxy groups -OCH3 is 1. The first kappa shape index (κ1) is 12.5. The second-order valence-corrected chi connectivity index (χ2v) is 4.21. The van der Waals surface area contributed by atoms with Crippen molar-refractivity contribution in [3.63, 3.8) is 0 Å². The van der Waals surface area contributed by atoms with Gasteiger partial charge in [-0.1, -0.05) is 29.8 Å². The molecule has 0 aliphatic rings. The number of benzene rings is 1. The normalized spacial score (nSPS) is 12.2. The van der Waals surface area contributed by atoms with Crippen molar-refractivity contribution in [2.45, 2.75) is 19.4 Å². The van der Waals surface area contributed by atoms with Crippen LogP contribution in [0.5, 0.6) is 5.88 Å². The third-order valence-corrected chi connectivity index (χ3v) is 2.72. The zero-order chi connectivity index (χ0) is 13.0. The number of hydrogen-bond acceptors (Lipinski definition) is 4. The van der Waals surface area contributed by atoms with Crippen LogP contribution in [0.15, 0.2) is 36.4 Å². The first-order valence-corrected chi connectivity index (χ1v) is 5.80. The monoisotopic (exact) mass is 244 g/mol. The van der Waals surface area contributed by atoms with Gasteiger partial charge in [-0.25, -0.2) is 0 Å². The molecule has 18 heavy (non-hydrogen) atoms. The number of ether oxygens (including phenoxy) is 1. The first-order valence-electron chi connectivity index (χ1n) is 5.80. The third kappa shape index (κ3) is 3.05. The SMILES string of the molecule is COc1ccc(C(O)Cc2cccc(C)c2)nn1. The molecule has 0 bridgehead atoms. The number of hydrogen-bond donors (Lipinski definition) is 1. The highest BCUT2D eigenvalue weighted by Gasteiger charge is 2.11. The number of aliphatic hydroxyl groups excluding tert-OH is 1. The van der Waals surface area contributed by atoms with Gasteiger partial charge in [-0.3, -0.25) is 0 Å². The maximum Gasteiger partial charge on any atom is 0.233 e. The molecule has 0 aliphatic heterocycles. The van der Waals surface area contributed by atoms with Gasteiger partial charge in [-0.05, 0) is 18.6 Å². The van der Waals surface area contributed by atoms with Crippen molar-refractivity contribution < 1.29 is 9.84 Å². The molecule has 0 radical (unpaired) electrons. The van der Waals surface area contributed by atoms with Crippen LogP contribution in [0.1, 0.15) is 22.9 Å². The van der Waals surface area contributed by atoms with Gasteiger partial charge in [0.25, 0.3) is 0 Å². The summed E-state index contributed by atoms with van der Waals surface area (Å²) in [4.78, 5) is 0. The van der Waals surface area contributed by atoms with Crippen molar-refractivity contribution in [3.8, 4) is 5.88 Å². The van der Waals surface area contributed by atoms with E-state index in [9.17, 15) is 5.11 Å². The Morgan fingerprint density at radius 1 is 1.22 bits per heavy atom. The van der Waals surface area contributed by atoms with Crippen LogP contribution in [0.4, 0.5) is 0 Å². The van der Waals surface area contributed by atoms with E-state index in [1.165, 1.54) is 12.7 Å². The summed E-state index contributed by atoms with van der Waals surface area (Å²) in [7, 11) is 1.53. The minimum atomic E-state index is -0.648. The lowest BCUT2D eigenvalue weighted by molar-refractivity contribution is 0.172. The standard InChI is InChI=1S/C14H16N2O2/c1-10-4-3-5-11(8-10)9-13(17)12-6-7-14(18-2)16-15-12/h3-8,13,17H,9H2,1-2H3. The minimum absolute atomic E-state index is 0.446. The van der Waals surface area contributed by atoms with Gasteiger partial charge in [0.05, 0.1) is 12.8 Å². The lowest BCUT2D eigenvalue weighted by atomic mass is 10.0. The molecule has 0 saturated carbocycles. The van der Waals surface area contributed by atoms with Crippen molar-refractivity contribution in [3.05, 3.63) is 53.2 Å². The quantitative estimate of drug-likeness (QED) is 0.894. The minimum Gasteiger partial charge on any atom is -0.480 e. The summed E-state index contributed by atoms with van der Waals surface area (Å²) in [5, 5.41) is 17.9. The van der Waals surface area contributed by atoms with E-state index in [1.54, 1.807) is 12.1 Å². The van der Waals surface area contributed by atoms with Gasteiger partial charge in [0, 0.05) is 12.5 Å². The van der Waals surface area contributed by atoms with Crippen molar-refractivity contribution >= 4 is 0 Å². The van der Waals surface area contributed by atoms with Crippen molar-refractivity contribution in [2.24, 2.45) is 0 Å². The summed E-state index contributed by atoms with van der Waals surface area (Å²) in [6.45, 7) is 2.03. The molecule has 1 aromatic heterocycles. The zero-order valence-electron chi connectivity index (χ0n) is 10.5. The Hall–Kier alpha value is -1.94. The largest absolute Gasteiger partial charge is 0.480 e. The maximum atomic E-state index is 10.1. The number of nitrogens with zero attached hydrogens (tertiary/aromatic N) is 2. The van der Waals surface area contributed by atoms with Crippen molar-refractivity contribution in [1.82, 2.24) is 10.2 Å². The molecule has 1 heterocycles. The second-order valence-electron chi connectivity index (χ2n) is 4.21. The van der Waals surface area contributed by atoms with Crippen molar-refractivity contribution in [1.29, 1.82) is 0 Å². The third-order valence-electron chi connectivity index (χ3n) is 2.72. The Morgan fingerprint density at radius 3 is 2.67 bits per heavy atom. The van der Waals surface area contributed by atoms with Crippen LogP contribution in [0, 0.1) is 6.92 Å². The lowest BCUT2D eigenvalue weighted by Gasteiger charge is -2.10. The average Bonchev–Trinajstić information content (AvgIpc) is 2.39. The highest BCUT2D eigenvalue weighted by Crippen LogP contribution is 2.17. The molecule has 0 fully saturated rings. The summed E-state index contributed by atoms with van der Waals surface area (Å²) in [5.41, 5.74) is 2.82. The van der Waals surface area contributed by atoms with Crippen LogP contribution in [0.2, 0.25) is 0 Å². The number of aliphatic hydroxyl groups is 1. The van der Waals surface area contributed by atoms with Crippen LogP contribution < -0.4 is 4.74 Å². The molecular formula is C14H16N2O2. The molecule has 1 unspecified atom stereocenters. The summed E-state index contributed by atoms with van der Waals surface area (Å²) < 4.78 is 4.93. The molecule has 0 amide bonds. The van der Waals surface area contributed by atoms with Gasteiger partial charge in [-0.15, -0.1) is 10.2 Å². The van der Waals surface area contributed by atoms with Crippen LogP contribution >= 0.6 is 0 Å². The van der Waals surface area contributed by atoms with E-state index in [0.29, 0.717) is 18.0 Å². The van der Waals surface area contributed by atoms with Crippen LogP contribution in [0.3, 0.4) is 0 Å². The lowest BCUT2D eigenvalue weighted by Crippen LogP contribution is -2.05. The van der Waals surface area contributed by atoms with E-state index in [-0.39, 0.29) is 0 Å². The molecule has 0 saturated heterocycles. The van der Waals surface area contributed by atoms with E-state index >= 15 is 0 Å². The summed E-state index contributed by atoms with van der Waals surface area (Å²) >= 11 is 0. The molecule has 1 N–H and O–H groups in total. The van der Waals surface area contributed by atoms with Crippen LogP contribution in [-0.4, -0.2) is 22.4 Å². The number of aryl methyl sites for hydroxylation is 1. The molecule has 4 heteroatoms. The van der Waals surface area contributed by atoms with E-state index in [4.69, 9.17) is 4.74 Å². The first-order chi connectivity index (χ1) is 8.69. The molecule has 2 aromatic rings. The Morgan fingerprint density at radius 2 is 2.06 bits per heavy atom. The predicted octanol–water partition coefficient (Wildman–Crippen LogP) is 2.07. The van der Waals surface area contributed by atoms with Gasteiger partial charge in [0.1, 0.15) is 6.10 Å². The maximum absolute atomic E-state index is 10.1. The van der Waals surface area contributed by atoms with Gasteiger partial charge in [-0.2, -0.15) is 0 Å². The van der Waals surface area contributed by atoms with E-state index in [2.05, 4.69) is 16.3 Å². The summed E-state index contributed by atoms with van der Waals surface area (Å²) in [6, 6.07) is 11.5. The Labute approximate surface area is 106 Å². The molecule has 4 nitrogen and oxygen atoms in total. The van der Waals surface area contributed by atoms with Gasteiger partial charge in [0.2, 0.25) is 5.88 Å². The van der Waals surface area contributed by atoms with Gasteiger partial charge >= 0.3 is 0 Å². The molecule has 2 rings (SSSR count). The Bertz CT molecular complexity index is 511. The second kappa shape index (κ2) is 5.60. The highest BCUT2D eigenvalue weighted by molar-refractivity contribution is 5.24. The van der Waals surface area contributed by atoms with E-state index < -0.39 is 6.10 Å². The van der Waals surface area contributed by atoms with E-state index in [0.717, 1.165) is 5.56 Å². The van der Waals surface area contributed by atoms with Crippen molar-refractivity contribution in [2.75, 3.05) is 7.11 Å². The Balaban J connectivity index is 2.09. The summed E-state index contributed by atoms with van der Waals surface area (Å²) in [5.74, 6) is 0.446. The fraction of sp³-hybridized carbons (Fsp3) is 0.286. The van der Waals surface area contributed by atoms with Crippen LogP contribution in [0.25, 0.3) is 0 Å². The molecule has 1 aromatic carbocycles. The van der Waals surface area contributed by atoms with Crippen LogP contribution in [-0.2, 0) is 6.42 Å². The van der Waals surface area contributed by atoms with Gasteiger partial charge < -0.3 is 9.84 Å². The molecule has 94 valence electrons. The smallest absolute Gasteiger partial charge is 0.233 e. The zero-order valence-corrected chi connectivity index (χ0v) is 10.5. The fourth-order valence-corrected chi connectivity index (χ4v) is 1.78. The Kier molecular flexibility index (Phi) is 3.89.